The van der Waals surface area contributed by atoms with Crippen molar-refractivity contribution in [2.75, 3.05) is 0 Å². The third-order valence-corrected chi connectivity index (χ3v) is 3.76. The zero-order valence-electron chi connectivity index (χ0n) is 12.0. The molecule has 0 fully saturated rings. The van der Waals surface area contributed by atoms with Gasteiger partial charge in [-0.25, -0.2) is 0 Å². The third kappa shape index (κ3) is 3.36. The number of halogens is 1. The minimum Gasteiger partial charge on any atom is -0.461 e. The summed E-state index contributed by atoms with van der Waals surface area (Å²) >= 11 is 3.31. The first-order valence-electron chi connectivity index (χ1n) is 7.00. The minimum absolute atomic E-state index is 0.0351. The van der Waals surface area contributed by atoms with E-state index in [0.29, 0.717) is 12.0 Å². The van der Waals surface area contributed by atoms with E-state index in [1.54, 1.807) is 18.5 Å². The van der Waals surface area contributed by atoms with Gasteiger partial charge in [0.2, 0.25) is 0 Å². The number of hydrogen-bond acceptors (Lipinski definition) is 3. The average Bonchev–Trinajstić information content (AvgIpc) is 2.89. The Morgan fingerprint density at radius 2 is 2.14 bits per heavy atom. The Morgan fingerprint density at radius 3 is 2.91 bits per heavy atom. The number of pyridine rings is 1. The molecule has 3 aromatic rings. The second-order valence-electron chi connectivity index (χ2n) is 5.22. The zero-order valence-corrected chi connectivity index (χ0v) is 13.6. The van der Waals surface area contributed by atoms with Gasteiger partial charge in [0.15, 0.2) is 0 Å². The number of carbonyl (C=O) groups excluding carboxylic acids is 1. The quantitative estimate of drug-likeness (QED) is 0.767. The Balaban J connectivity index is 1.66. The van der Waals surface area contributed by atoms with Gasteiger partial charge in [-0.05, 0) is 41.1 Å². The first kappa shape index (κ1) is 14.8. The van der Waals surface area contributed by atoms with E-state index in [4.69, 9.17) is 4.42 Å². The highest BCUT2D eigenvalue weighted by Crippen LogP contribution is 2.20. The zero-order chi connectivity index (χ0) is 15.5. The molecule has 1 amide bonds. The van der Waals surface area contributed by atoms with Crippen LogP contribution in [0.5, 0.6) is 0 Å². The van der Waals surface area contributed by atoms with E-state index in [2.05, 4.69) is 26.2 Å². The van der Waals surface area contributed by atoms with Crippen molar-refractivity contribution in [3.63, 3.8) is 0 Å². The number of carbonyl (C=O) groups is 1. The molecule has 3 rings (SSSR count). The molecule has 1 N–H and O–H groups in total. The predicted molar refractivity (Wildman–Crippen MR) is 88.8 cm³/mol. The fourth-order valence-electron chi connectivity index (χ4n) is 2.33. The van der Waals surface area contributed by atoms with Crippen LogP contribution in [-0.4, -0.2) is 16.9 Å². The van der Waals surface area contributed by atoms with Gasteiger partial charge in [0, 0.05) is 34.7 Å². The molecule has 112 valence electrons. The van der Waals surface area contributed by atoms with Crippen LogP contribution in [0.1, 0.15) is 23.0 Å². The predicted octanol–water partition coefficient (Wildman–Crippen LogP) is 3.95. The summed E-state index contributed by atoms with van der Waals surface area (Å²) in [5, 5.41) is 4.03. The number of nitrogens with one attached hydrogen (secondary N) is 1. The summed E-state index contributed by atoms with van der Waals surface area (Å²) in [5.74, 6) is 0.721. The number of amides is 1. The van der Waals surface area contributed by atoms with Gasteiger partial charge in [-0.2, -0.15) is 0 Å². The van der Waals surface area contributed by atoms with Crippen molar-refractivity contribution < 1.29 is 9.21 Å². The summed E-state index contributed by atoms with van der Waals surface area (Å²) in [6.45, 7) is 1.95. The molecule has 0 aliphatic rings. The van der Waals surface area contributed by atoms with Gasteiger partial charge in [-0.3, -0.25) is 9.78 Å². The summed E-state index contributed by atoms with van der Waals surface area (Å²) in [7, 11) is 0. The van der Waals surface area contributed by atoms with Crippen LogP contribution in [0.25, 0.3) is 11.0 Å². The van der Waals surface area contributed by atoms with Crippen LogP contribution in [-0.2, 0) is 6.42 Å². The molecule has 0 unspecified atom stereocenters. The lowest BCUT2D eigenvalue weighted by Gasteiger charge is -2.12. The molecule has 2 aromatic heterocycles. The molecule has 4 nitrogen and oxygen atoms in total. The number of rotatable bonds is 4. The summed E-state index contributed by atoms with van der Waals surface area (Å²) in [4.78, 5) is 16.2. The molecule has 0 saturated carbocycles. The van der Waals surface area contributed by atoms with E-state index in [9.17, 15) is 4.79 Å². The van der Waals surface area contributed by atoms with Crippen LogP contribution >= 0.6 is 15.9 Å². The van der Waals surface area contributed by atoms with Crippen molar-refractivity contribution in [3.05, 3.63) is 64.6 Å². The van der Waals surface area contributed by atoms with Crippen molar-refractivity contribution in [2.45, 2.75) is 19.4 Å². The van der Waals surface area contributed by atoms with Crippen LogP contribution in [0.2, 0.25) is 0 Å². The molecule has 5 heteroatoms. The summed E-state index contributed by atoms with van der Waals surface area (Å²) in [5.41, 5.74) is 1.40. The first-order chi connectivity index (χ1) is 10.6. The second-order valence-corrected chi connectivity index (χ2v) is 6.14. The standard InChI is InChI=1S/C17H15BrN2O2/c1-11(20-17(21)13-7-14(18)10-19-9-13)6-15-8-12-4-2-3-5-16(12)22-15/h2-5,7-11H,6H2,1H3,(H,20,21)/t11-/m1/s1. The normalized spacial score (nSPS) is 12.3. The molecular weight excluding hydrogens is 344 g/mol. The van der Waals surface area contributed by atoms with E-state index in [1.165, 1.54) is 0 Å². The number of fused-ring (bicyclic) bond motifs is 1. The first-order valence-corrected chi connectivity index (χ1v) is 7.80. The number of hydrogen-bond donors (Lipinski definition) is 1. The second kappa shape index (κ2) is 6.32. The largest absolute Gasteiger partial charge is 0.461 e. The SMILES string of the molecule is C[C@H](Cc1cc2ccccc2o1)NC(=O)c1cncc(Br)c1. The maximum atomic E-state index is 12.2. The van der Waals surface area contributed by atoms with E-state index in [0.717, 1.165) is 21.2 Å². The highest BCUT2D eigenvalue weighted by atomic mass is 79.9. The molecule has 0 bridgehead atoms. The van der Waals surface area contributed by atoms with Gasteiger partial charge >= 0.3 is 0 Å². The van der Waals surface area contributed by atoms with Crippen molar-refractivity contribution in [3.8, 4) is 0 Å². The molecule has 0 aliphatic heterocycles. The van der Waals surface area contributed by atoms with Crippen molar-refractivity contribution in [2.24, 2.45) is 0 Å². The molecule has 2 heterocycles. The number of para-hydroxylation sites is 1. The summed E-state index contributed by atoms with van der Waals surface area (Å²) in [6.07, 6.45) is 3.84. The number of benzene rings is 1. The lowest BCUT2D eigenvalue weighted by Crippen LogP contribution is -2.34. The van der Waals surface area contributed by atoms with Crippen LogP contribution in [0, 0.1) is 0 Å². The molecule has 1 aromatic carbocycles. The Bertz CT molecular complexity index is 780. The van der Waals surface area contributed by atoms with Gasteiger partial charge in [0.1, 0.15) is 11.3 Å². The van der Waals surface area contributed by atoms with Gasteiger partial charge < -0.3 is 9.73 Å². The highest BCUT2D eigenvalue weighted by Gasteiger charge is 2.13. The Labute approximate surface area is 136 Å². The van der Waals surface area contributed by atoms with E-state index >= 15 is 0 Å². The molecule has 22 heavy (non-hydrogen) atoms. The molecule has 0 spiro atoms. The smallest absolute Gasteiger partial charge is 0.253 e. The Morgan fingerprint density at radius 1 is 1.32 bits per heavy atom. The minimum atomic E-state index is -0.141. The highest BCUT2D eigenvalue weighted by molar-refractivity contribution is 9.10. The van der Waals surface area contributed by atoms with Crippen LogP contribution in [0.3, 0.4) is 0 Å². The maximum Gasteiger partial charge on any atom is 0.253 e. The van der Waals surface area contributed by atoms with Crippen molar-refractivity contribution in [1.82, 2.24) is 10.3 Å². The number of nitrogens with zero attached hydrogens (tertiary/aromatic N) is 1. The maximum absolute atomic E-state index is 12.2. The lowest BCUT2D eigenvalue weighted by molar-refractivity contribution is 0.0939. The molecule has 1 atom stereocenters. The Kier molecular flexibility index (Phi) is 4.24. The average molecular weight is 359 g/mol. The van der Waals surface area contributed by atoms with Crippen LogP contribution in [0.4, 0.5) is 0 Å². The van der Waals surface area contributed by atoms with Crippen LogP contribution in [0.15, 0.2) is 57.7 Å². The summed E-state index contributed by atoms with van der Waals surface area (Å²) < 4.78 is 6.56. The Hall–Kier alpha value is -2.14. The topological polar surface area (TPSA) is 55.1 Å². The molecule has 0 radical (unpaired) electrons. The third-order valence-electron chi connectivity index (χ3n) is 3.33. The van der Waals surface area contributed by atoms with Crippen molar-refractivity contribution >= 4 is 32.8 Å². The van der Waals surface area contributed by atoms with Gasteiger partial charge in [-0.15, -0.1) is 0 Å². The summed E-state index contributed by atoms with van der Waals surface area (Å²) in [6, 6.07) is 11.6. The molecule has 0 aliphatic carbocycles. The van der Waals surface area contributed by atoms with E-state index < -0.39 is 0 Å². The lowest BCUT2D eigenvalue weighted by atomic mass is 10.1. The van der Waals surface area contributed by atoms with Crippen LogP contribution < -0.4 is 5.32 Å². The fraction of sp³-hybridized carbons (Fsp3) is 0.176. The van der Waals surface area contributed by atoms with Crippen molar-refractivity contribution in [1.29, 1.82) is 0 Å². The van der Waals surface area contributed by atoms with E-state index in [1.807, 2.05) is 37.3 Å². The van der Waals surface area contributed by atoms with E-state index in [-0.39, 0.29) is 11.9 Å². The van der Waals surface area contributed by atoms with Gasteiger partial charge in [-0.1, -0.05) is 18.2 Å². The fourth-order valence-corrected chi connectivity index (χ4v) is 2.70. The number of aromatic nitrogens is 1. The number of furan rings is 1. The van der Waals surface area contributed by atoms with Gasteiger partial charge in [0.05, 0.1) is 5.56 Å². The molecule has 0 saturated heterocycles. The molecular formula is C17H15BrN2O2. The van der Waals surface area contributed by atoms with Gasteiger partial charge in [0.25, 0.3) is 5.91 Å². The monoisotopic (exact) mass is 358 g/mol.